The first-order valence-corrected chi connectivity index (χ1v) is 6.84. The molecule has 0 saturated carbocycles. The van der Waals surface area contributed by atoms with E-state index in [2.05, 4.69) is 31.3 Å². The van der Waals surface area contributed by atoms with Gasteiger partial charge in [-0.3, -0.25) is 0 Å². The Morgan fingerprint density at radius 1 is 1.44 bits per heavy atom. The second-order valence-corrected chi connectivity index (χ2v) is 5.12. The SMILES string of the molecule is CCC(C)C(O)CNCc1ccc2c(c1)CCO2. The van der Waals surface area contributed by atoms with E-state index in [4.69, 9.17) is 4.74 Å². The number of ether oxygens (including phenoxy) is 1. The maximum atomic E-state index is 9.87. The first-order valence-electron chi connectivity index (χ1n) is 6.84. The lowest BCUT2D eigenvalue weighted by atomic mass is 10.0. The molecular formula is C15H23NO2. The quantitative estimate of drug-likeness (QED) is 0.811. The summed E-state index contributed by atoms with van der Waals surface area (Å²) in [5, 5.41) is 13.2. The van der Waals surface area contributed by atoms with Gasteiger partial charge < -0.3 is 15.2 Å². The molecule has 0 bridgehead atoms. The minimum Gasteiger partial charge on any atom is -0.493 e. The minimum absolute atomic E-state index is 0.257. The van der Waals surface area contributed by atoms with Gasteiger partial charge in [0.15, 0.2) is 0 Å². The maximum absolute atomic E-state index is 9.87. The first kappa shape index (κ1) is 13.4. The van der Waals surface area contributed by atoms with E-state index in [1.807, 2.05) is 6.07 Å². The van der Waals surface area contributed by atoms with Gasteiger partial charge in [-0.2, -0.15) is 0 Å². The second kappa shape index (κ2) is 6.21. The van der Waals surface area contributed by atoms with E-state index in [0.29, 0.717) is 12.5 Å². The molecule has 2 rings (SSSR count). The van der Waals surface area contributed by atoms with Gasteiger partial charge in [0.1, 0.15) is 5.75 Å². The number of rotatable bonds is 6. The molecule has 1 aliphatic rings. The third kappa shape index (κ3) is 3.24. The van der Waals surface area contributed by atoms with Crippen LogP contribution in [0.5, 0.6) is 5.75 Å². The maximum Gasteiger partial charge on any atom is 0.122 e. The van der Waals surface area contributed by atoms with Gasteiger partial charge in [0.25, 0.3) is 0 Å². The zero-order chi connectivity index (χ0) is 13.0. The lowest BCUT2D eigenvalue weighted by Gasteiger charge is -2.17. The molecule has 1 aromatic rings. The van der Waals surface area contributed by atoms with Gasteiger partial charge in [0.2, 0.25) is 0 Å². The van der Waals surface area contributed by atoms with Crippen LogP contribution in [0.3, 0.4) is 0 Å². The number of hydrogen-bond acceptors (Lipinski definition) is 3. The molecule has 0 spiro atoms. The van der Waals surface area contributed by atoms with E-state index >= 15 is 0 Å². The van der Waals surface area contributed by atoms with Crippen molar-refractivity contribution in [2.45, 2.75) is 39.3 Å². The Kier molecular flexibility index (Phi) is 4.61. The fraction of sp³-hybridized carbons (Fsp3) is 0.600. The van der Waals surface area contributed by atoms with Crippen molar-refractivity contribution in [2.75, 3.05) is 13.2 Å². The molecule has 0 aliphatic carbocycles. The summed E-state index contributed by atoms with van der Waals surface area (Å²) in [6.07, 6.45) is 1.77. The normalized spacial score (nSPS) is 17.1. The summed E-state index contributed by atoms with van der Waals surface area (Å²) in [5.74, 6) is 1.38. The van der Waals surface area contributed by atoms with Crippen LogP contribution in [0.25, 0.3) is 0 Å². The van der Waals surface area contributed by atoms with E-state index in [1.54, 1.807) is 0 Å². The van der Waals surface area contributed by atoms with Crippen LogP contribution in [0, 0.1) is 5.92 Å². The topological polar surface area (TPSA) is 41.5 Å². The molecule has 100 valence electrons. The fourth-order valence-corrected chi connectivity index (χ4v) is 2.19. The highest BCUT2D eigenvalue weighted by Gasteiger charge is 2.13. The van der Waals surface area contributed by atoms with Gasteiger partial charge in [0, 0.05) is 19.5 Å². The number of benzene rings is 1. The summed E-state index contributed by atoms with van der Waals surface area (Å²) in [4.78, 5) is 0. The largest absolute Gasteiger partial charge is 0.493 e. The van der Waals surface area contributed by atoms with Crippen LogP contribution < -0.4 is 10.1 Å². The van der Waals surface area contributed by atoms with Crippen molar-refractivity contribution in [3.05, 3.63) is 29.3 Å². The monoisotopic (exact) mass is 249 g/mol. The average molecular weight is 249 g/mol. The molecule has 1 aliphatic heterocycles. The average Bonchev–Trinajstić information content (AvgIpc) is 2.85. The summed E-state index contributed by atoms with van der Waals surface area (Å²) >= 11 is 0. The third-order valence-electron chi connectivity index (χ3n) is 3.74. The molecule has 0 radical (unpaired) electrons. The molecule has 2 N–H and O–H groups in total. The molecule has 2 unspecified atom stereocenters. The van der Waals surface area contributed by atoms with Crippen molar-refractivity contribution in [3.8, 4) is 5.75 Å². The van der Waals surface area contributed by atoms with Crippen LogP contribution in [-0.4, -0.2) is 24.4 Å². The molecule has 0 fully saturated rings. The summed E-state index contributed by atoms with van der Waals surface area (Å²) in [7, 11) is 0. The number of fused-ring (bicyclic) bond motifs is 1. The van der Waals surface area contributed by atoms with Gasteiger partial charge in [-0.15, -0.1) is 0 Å². The van der Waals surface area contributed by atoms with Gasteiger partial charge in [-0.05, 0) is 23.1 Å². The van der Waals surface area contributed by atoms with E-state index in [1.165, 1.54) is 11.1 Å². The smallest absolute Gasteiger partial charge is 0.122 e. The number of hydrogen-bond donors (Lipinski definition) is 2. The van der Waals surface area contributed by atoms with Crippen LogP contribution in [0.1, 0.15) is 31.4 Å². The molecular weight excluding hydrogens is 226 g/mol. The molecule has 0 amide bonds. The third-order valence-corrected chi connectivity index (χ3v) is 3.74. The van der Waals surface area contributed by atoms with Crippen molar-refractivity contribution in [2.24, 2.45) is 5.92 Å². The molecule has 2 atom stereocenters. The standard InChI is InChI=1S/C15H23NO2/c1-3-11(2)14(17)10-16-9-12-4-5-15-13(8-12)6-7-18-15/h4-5,8,11,14,16-17H,3,6-7,9-10H2,1-2H3. The van der Waals surface area contributed by atoms with Crippen LogP contribution in [0.4, 0.5) is 0 Å². The van der Waals surface area contributed by atoms with E-state index < -0.39 is 0 Å². The van der Waals surface area contributed by atoms with Crippen molar-refractivity contribution in [1.29, 1.82) is 0 Å². The van der Waals surface area contributed by atoms with E-state index in [-0.39, 0.29) is 6.10 Å². The van der Waals surface area contributed by atoms with Crippen molar-refractivity contribution in [1.82, 2.24) is 5.32 Å². The van der Waals surface area contributed by atoms with Gasteiger partial charge >= 0.3 is 0 Å². The van der Waals surface area contributed by atoms with Crippen molar-refractivity contribution < 1.29 is 9.84 Å². The summed E-state index contributed by atoms with van der Waals surface area (Å²) < 4.78 is 5.48. The Morgan fingerprint density at radius 2 is 2.28 bits per heavy atom. The summed E-state index contributed by atoms with van der Waals surface area (Å²) in [6, 6.07) is 6.34. The molecule has 3 nitrogen and oxygen atoms in total. The number of nitrogens with one attached hydrogen (secondary N) is 1. The Labute approximate surface area is 109 Å². The zero-order valence-corrected chi connectivity index (χ0v) is 11.3. The van der Waals surface area contributed by atoms with Gasteiger partial charge in [-0.1, -0.05) is 32.4 Å². The fourth-order valence-electron chi connectivity index (χ4n) is 2.19. The minimum atomic E-state index is -0.257. The van der Waals surface area contributed by atoms with E-state index in [9.17, 15) is 5.11 Å². The van der Waals surface area contributed by atoms with Crippen LogP contribution in [0.15, 0.2) is 18.2 Å². The summed E-state index contributed by atoms with van der Waals surface area (Å²) in [5.41, 5.74) is 2.56. The molecule has 0 aromatic heterocycles. The first-order chi connectivity index (χ1) is 8.70. The van der Waals surface area contributed by atoms with E-state index in [0.717, 1.165) is 31.7 Å². The van der Waals surface area contributed by atoms with Crippen LogP contribution >= 0.6 is 0 Å². The van der Waals surface area contributed by atoms with Crippen molar-refractivity contribution >= 4 is 0 Å². The predicted octanol–water partition coefficient (Wildman–Crippen LogP) is 2.12. The number of aliphatic hydroxyl groups is 1. The highest BCUT2D eigenvalue weighted by atomic mass is 16.5. The Morgan fingerprint density at radius 3 is 3.06 bits per heavy atom. The Balaban J connectivity index is 1.80. The van der Waals surface area contributed by atoms with Crippen LogP contribution in [0.2, 0.25) is 0 Å². The lowest BCUT2D eigenvalue weighted by Crippen LogP contribution is -2.31. The van der Waals surface area contributed by atoms with Crippen molar-refractivity contribution in [3.63, 3.8) is 0 Å². The van der Waals surface area contributed by atoms with Crippen LogP contribution in [-0.2, 0) is 13.0 Å². The molecule has 1 aromatic carbocycles. The molecule has 3 heteroatoms. The van der Waals surface area contributed by atoms with Gasteiger partial charge in [-0.25, -0.2) is 0 Å². The second-order valence-electron chi connectivity index (χ2n) is 5.12. The van der Waals surface area contributed by atoms with Gasteiger partial charge in [0.05, 0.1) is 12.7 Å². The Bertz CT molecular complexity index is 392. The molecule has 18 heavy (non-hydrogen) atoms. The highest BCUT2D eigenvalue weighted by Crippen LogP contribution is 2.25. The predicted molar refractivity (Wildman–Crippen MR) is 72.8 cm³/mol. The highest BCUT2D eigenvalue weighted by molar-refractivity contribution is 5.39. The molecule has 0 saturated heterocycles. The summed E-state index contributed by atoms with van der Waals surface area (Å²) in [6.45, 7) is 6.45. The Hall–Kier alpha value is -1.06. The lowest BCUT2D eigenvalue weighted by molar-refractivity contribution is 0.113. The number of aliphatic hydroxyl groups excluding tert-OH is 1. The molecule has 1 heterocycles. The zero-order valence-electron chi connectivity index (χ0n) is 11.3.